The van der Waals surface area contributed by atoms with Crippen molar-refractivity contribution in [2.24, 2.45) is 5.92 Å². The summed E-state index contributed by atoms with van der Waals surface area (Å²) in [5.41, 5.74) is 2.17. The predicted octanol–water partition coefficient (Wildman–Crippen LogP) is 1.17. The zero-order valence-electron chi connectivity index (χ0n) is 11.7. The molecular weight excluding hydrogens is 242 g/mol. The van der Waals surface area contributed by atoms with Crippen molar-refractivity contribution in [3.63, 3.8) is 0 Å². The van der Waals surface area contributed by atoms with Gasteiger partial charge in [0, 0.05) is 18.8 Å². The van der Waals surface area contributed by atoms with Crippen LogP contribution >= 0.6 is 0 Å². The fourth-order valence-corrected chi connectivity index (χ4v) is 2.72. The number of rotatable bonds is 5. The molecule has 1 aliphatic carbocycles. The third kappa shape index (κ3) is 3.56. The molecule has 1 heterocycles. The summed E-state index contributed by atoms with van der Waals surface area (Å²) in [5.74, 6) is -0.202. The minimum atomic E-state index is -0.448. The third-order valence-corrected chi connectivity index (χ3v) is 3.77. The molecule has 1 amide bonds. The van der Waals surface area contributed by atoms with E-state index in [0.717, 1.165) is 43.6 Å². The average molecular weight is 265 g/mol. The van der Waals surface area contributed by atoms with Gasteiger partial charge in [0.25, 0.3) is 0 Å². The number of hydrogen-bond acceptors (Lipinski definition) is 3. The number of carbonyl (C=O) groups is 1. The maximum atomic E-state index is 11.8. The van der Waals surface area contributed by atoms with Crippen LogP contribution in [0.25, 0.3) is 0 Å². The van der Waals surface area contributed by atoms with E-state index in [1.54, 1.807) is 0 Å². The Balaban J connectivity index is 1.69. The van der Waals surface area contributed by atoms with Gasteiger partial charge in [0.15, 0.2) is 0 Å². The summed E-state index contributed by atoms with van der Waals surface area (Å²) in [7, 11) is 0. The van der Waals surface area contributed by atoms with Crippen LogP contribution in [0.15, 0.2) is 6.07 Å². The summed E-state index contributed by atoms with van der Waals surface area (Å²) in [4.78, 5) is 11.8. The summed E-state index contributed by atoms with van der Waals surface area (Å²) in [5, 5.41) is 16.9. The lowest BCUT2D eigenvalue weighted by atomic mass is 10.1. The minimum absolute atomic E-state index is 0.00151. The zero-order valence-corrected chi connectivity index (χ0v) is 11.7. The second-order valence-electron chi connectivity index (χ2n) is 5.40. The predicted molar refractivity (Wildman–Crippen MR) is 72.7 cm³/mol. The highest BCUT2D eigenvalue weighted by molar-refractivity contribution is 5.79. The first-order valence-electron chi connectivity index (χ1n) is 7.05. The van der Waals surface area contributed by atoms with Crippen molar-refractivity contribution in [3.05, 3.63) is 17.5 Å². The average Bonchev–Trinajstić information content (AvgIpc) is 2.91. The second kappa shape index (κ2) is 6.19. The number of amides is 1. The van der Waals surface area contributed by atoms with Crippen LogP contribution in [0.4, 0.5) is 0 Å². The van der Waals surface area contributed by atoms with E-state index in [4.69, 9.17) is 0 Å². The second-order valence-corrected chi connectivity index (χ2v) is 5.40. The summed E-state index contributed by atoms with van der Waals surface area (Å²) < 4.78 is 1.96. The lowest BCUT2D eigenvalue weighted by Crippen LogP contribution is -2.35. The Bertz CT molecular complexity index is 442. The van der Waals surface area contributed by atoms with E-state index >= 15 is 0 Å². The number of aromatic nitrogens is 2. The molecule has 1 aliphatic rings. The van der Waals surface area contributed by atoms with E-state index in [0.29, 0.717) is 6.54 Å². The largest absolute Gasteiger partial charge is 0.392 e. The molecule has 1 saturated carbocycles. The molecule has 1 aromatic rings. The maximum absolute atomic E-state index is 11.8. The number of aliphatic hydroxyl groups excluding tert-OH is 1. The van der Waals surface area contributed by atoms with Gasteiger partial charge < -0.3 is 10.4 Å². The molecule has 1 aromatic heterocycles. The highest BCUT2D eigenvalue weighted by Crippen LogP contribution is 2.25. The minimum Gasteiger partial charge on any atom is -0.392 e. The van der Waals surface area contributed by atoms with Crippen LogP contribution in [0.2, 0.25) is 0 Å². The number of hydrogen-bond donors (Lipinski definition) is 2. The molecule has 1 fully saturated rings. The van der Waals surface area contributed by atoms with Gasteiger partial charge >= 0.3 is 0 Å². The van der Waals surface area contributed by atoms with Gasteiger partial charge in [-0.25, -0.2) is 0 Å². The molecule has 0 radical (unpaired) electrons. The smallest absolute Gasteiger partial charge is 0.225 e. The molecule has 106 valence electrons. The molecule has 2 rings (SSSR count). The highest BCUT2D eigenvalue weighted by Gasteiger charge is 2.30. The number of aliphatic hydroxyl groups is 1. The fraction of sp³-hybridized carbons (Fsp3) is 0.714. The molecule has 19 heavy (non-hydrogen) atoms. The normalized spacial score (nSPS) is 22.7. The number of nitrogens with one attached hydrogen (secondary N) is 1. The van der Waals surface area contributed by atoms with Gasteiger partial charge in [-0.2, -0.15) is 5.10 Å². The maximum Gasteiger partial charge on any atom is 0.225 e. The van der Waals surface area contributed by atoms with Crippen molar-refractivity contribution in [1.82, 2.24) is 15.1 Å². The van der Waals surface area contributed by atoms with Crippen LogP contribution in [0.1, 0.15) is 37.1 Å². The topological polar surface area (TPSA) is 67.2 Å². The van der Waals surface area contributed by atoms with Crippen molar-refractivity contribution < 1.29 is 9.90 Å². The van der Waals surface area contributed by atoms with Gasteiger partial charge in [0.05, 0.1) is 17.7 Å². The highest BCUT2D eigenvalue weighted by atomic mass is 16.3. The zero-order chi connectivity index (χ0) is 13.8. The molecule has 0 spiro atoms. The van der Waals surface area contributed by atoms with Crippen LogP contribution in [-0.2, 0) is 11.3 Å². The van der Waals surface area contributed by atoms with Crippen LogP contribution in [-0.4, -0.2) is 33.4 Å². The Labute approximate surface area is 114 Å². The van der Waals surface area contributed by atoms with E-state index in [1.165, 1.54) is 0 Å². The molecule has 0 bridgehead atoms. The number of carbonyl (C=O) groups excluding carboxylic acids is 1. The summed E-state index contributed by atoms with van der Waals surface area (Å²) in [6.45, 7) is 5.47. The van der Waals surface area contributed by atoms with Gasteiger partial charge in [-0.05, 0) is 45.6 Å². The van der Waals surface area contributed by atoms with Crippen LogP contribution in [0.3, 0.4) is 0 Å². The Kier molecular flexibility index (Phi) is 4.58. The summed E-state index contributed by atoms with van der Waals surface area (Å²) in [6.07, 6.45) is 2.92. The first-order valence-corrected chi connectivity index (χ1v) is 7.05. The first kappa shape index (κ1) is 14.1. The van der Waals surface area contributed by atoms with E-state index in [9.17, 15) is 9.90 Å². The SMILES string of the molecule is Cc1cc(C)n(CCCNC(=O)C2CCCC2O)n1. The Morgan fingerprint density at radius 1 is 1.53 bits per heavy atom. The molecule has 2 N–H and O–H groups in total. The molecule has 5 heteroatoms. The van der Waals surface area contributed by atoms with Crippen LogP contribution < -0.4 is 5.32 Å². The molecule has 0 aliphatic heterocycles. The van der Waals surface area contributed by atoms with Gasteiger partial charge in [0.2, 0.25) is 5.91 Å². The Morgan fingerprint density at radius 2 is 2.32 bits per heavy atom. The standard InChI is InChI=1S/C14H23N3O2/c1-10-9-11(2)17(16-10)8-4-7-15-14(19)12-5-3-6-13(12)18/h9,12-13,18H,3-8H2,1-2H3,(H,15,19). The third-order valence-electron chi connectivity index (χ3n) is 3.77. The molecule has 0 saturated heterocycles. The first-order chi connectivity index (χ1) is 9.08. The molecule has 0 aromatic carbocycles. The lowest BCUT2D eigenvalue weighted by Gasteiger charge is -2.14. The molecule has 2 atom stereocenters. The van der Waals surface area contributed by atoms with E-state index in [2.05, 4.69) is 10.4 Å². The van der Waals surface area contributed by atoms with Gasteiger partial charge in [-0.3, -0.25) is 9.48 Å². The van der Waals surface area contributed by atoms with E-state index in [1.807, 2.05) is 24.6 Å². The van der Waals surface area contributed by atoms with Gasteiger partial charge in [-0.1, -0.05) is 0 Å². The van der Waals surface area contributed by atoms with E-state index in [-0.39, 0.29) is 11.8 Å². The number of aryl methyl sites for hydroxylation is 3. The lowest BCUT2D eigenvalue weighted by molar-refractivity contribution is -0.127. The Morgan fingerprint density at radius 3 is 2.89 bits per heavy atom. The molecule has 5 nitrogen and oxygen atoms in total. The van der Waals surface area contributed by atoms with Crippen molar-refractivity contribution in [2.75, 3.05) is 6.54 Å². The van der Waals surface area contributed by atoms with Gasteiger partial charge in [0.1, 0.15) is 0 Å². The molecule has 2 unspecified atom stereocenters. The Hall–Kier alpha value is -1.36. The number of nitrogens with zero attached hydrogens (tertiary/aromatic N) is 2. The van der Waals surface area contributed by atoms with Gasteiger partial charge in [-0.15, -0.1) is 0 Å². The fourth-order valence-electron chi connectivity index (χ4n) is 2.72. The van der Waals surface area contributed by atoms with Crippen molar-refractivity contribution in [2.45, 2.75) is 52.2 Å². The van der Waals surface area contributed by atoms with Crippen LogP contribution in [0, 0.1) is 19.8 Å². The van der Waals surface area contributed by atoms with Crippen molar-refractivity contribution >= 4 is 5.91 Å². The van der Waals surface area contributed by atoms with Crippen molar-refractivity contribution in [1.29, 1.82) is 0 Å². The summed E-state index contributed by atoms with van der Waals surface area (Å²) >= 11 is 0. The monoisotopic (exact) mass is 265 g/mol. The van der Waals surface area contributed by atoms with Crippen molar-refractivity contribution in [3.8, 4) is 0 Å². The quantitative estimate of drug-likeness (QED) is 0.785. The summed E-state index contributed by atoms with van der Waals surface area (Å²) in [6, 6.07) is 2.05. The molecular formula is C14H23N3O2. The van der Waals surface area contributed by atoms with Crippen LogP contribution in [0.5, 0.6) is 0 Å². The van der Waals surface area contributed by atoms with E-state index < -0.39 is 6.10 Å².